The maximum Gasteiger partial charge on any atom is 0.219 e. The van der Waals surface area contributed by atoms with Crippen LogP contribution in [0.1, 0.15) is 43.7 Å². The number of nitrogens with one attached hydrogen (secondary N) is 1. The van der Waals surface area contributed by atoms with E-state index < -0.39 is 0 Å². The lowest BCUT2D eigenvalue weighted by Gasteiger charge is -2.41. The predicted molar refractivity (Wildman–Crippen MR) is 127 cm³/mol. The highest BCUT2D eigenvalue weighted by atomic mass is 16.2. The number of anilines is 2. The largest absolute Gasteiger partial charge is 0.367 e. The Morgan fingerprint density at radius 2 is 1.72 bits per heavy atom. The van der Waals surface area contributed by atoms with Gasteiger partial charge in [-0.05, 0) is 43.2 Å². The third-order valence-electron chi connectivity index (χ3n) is 7.41. The summed E-state index contributed by atoms with van der Waals surface area (Å²) in [7, 11) is 0. The molecule has 2 fully saturated rings. The van der Waals surface area contributed by atoms with Crippen LogP contribution in [-0.4, -0.2) is 70.5 Å². The lowest BCUT2D eigenvalue weighted by Crippen LogP contribution is -2.46. The zero-order valence-electron chi connectivity index (χ0n) is 19.0. The van der Waals surface area contributed by atoms with E-state index >= 15 is 0 Å². The summed E-state index contributed by atoms with van der Waals surface area (Å²) in [5, 5.41) is 3.57. The molecule has 0 atom stereocenters. The van der Waals surface area contributed by atoms with Crippen LogP contribution in [0.4, 0.5) is 11.6 Å². The molecule has 1 aromatic heterocycles. The van der Waals surface area contributed by atoms with Crippen molar-refractivity contribution < 1.29 is 4.79 Å². The number of carbonyl (C=O) groups is 1. The molecule has 3 aliphatic heterocycles. The molecule has 0 bridgehead atoms. The maximum atomic E-state index is 11.5. The van der Waals surface area contributed by atoms with Crippen molar-refractivity contribution in [3.05, 3.63) is 47.8 Å². The van der Waals surface area contributed by atoms with Crippen LogP contribution in [0.25, 0.3) is 0 Å². The molecular formula is C25H34N6O. The lowest BCUT2D eigenvalue weighted by molar-refractivity contribution is -0.129. The first-order chi connectivity index (χ1) is 15.7. The third kappa shape index (κ3) is 4.72. The topological polar surface area (TPSA) is 64.6 Å². The van der Waals surface area contributed by atoms with Crippen molar-refractivity contribution >= 4 is 17.5 Å². The number of piperidine rings is 2. The highest BCUT2D eigenvalue weighted by Crippen LogP contribution is 2.27. The zero-order valence-corrected chi connectivity index (χ0v) is 19.0. The van der Waals surface area contributed by atoms with E-state index in [0.717, 1.165) is 57.2 Å². The smallest absolute Gasteiger partial charge is 0.219 e. The molecule has 170 valence electrons. The van der Waals surface area contributed by atoms with E-state index in [2.05, 4.69) is 55.4 Å². The summed E-state index contributed by atoms with van der Waals surface area (Å²) in [5.41, 5.74) is 3.02. The fourth-order valence-electron chi connectivity index (χ4n) is 5.44. The Bertz CT molecular complexity index is 934. The second kappa shape index (κ2) is 9.45. The fraction of sp³-hybridized carbons (Fsp3) is 0.560. The molecule has 0 aliphatic carbocycles. The molecular weight excluding hydrogens is 400 g/mol. The molecule has 0 unspecified atom stereocenters. The normalized spacial score (nSPS) is 20.8. The van der Waals surface area contributed by atoms with Crippen LogP contribution in [-0.2, 0) is 17.8 Å². The number of likely N-dealkylation sites (tertiary alicyclic amines) is 1. The van der Waals surface area contributed by atoms with Crippen molar-refractivity contribution in [3.63, 3.8) is 0 Å². The summed E-state index contributed by atoms with van der Waals surface area (Å²) in [6, 6.07) is 12.0. The van der Waals surface area contributed by atoms with Crippen molar-refractivity contribution in [2.45, 2.75) is 57.7 Å². The van der Waals surface area contributed by atoms with E-state index in [-0.39, 0.29) is 5.91 Å². The number of hydrogen-bond donors (Lipinski definition) is 1. The summed E-state index contributed by atoms with van der Waals surface area (Å²) in [4.78, 5) is 27.6. The molecule has 2 aromatic rings. The van der Waals surface area contributed by atoms with Gasteiger partial charge >= 0.3 is 0 Å². The molecule has 0 spiro atoms. The second-order valence-corrected chi connectivity index (χ2v) is 9.39. The van der Waals surface area contributed by atoms with E-state index in [1.165, 1.54) is 36.9 Å². The number of amides is 1. The van der Waals surface area contributed by atoms with Crippen LogP contribution in [0.15, 0.2) is 36.7 Å². The Labute approximate surface area is 190 Å². The first-order valence-corrected chi connectivity index (χ1v) is 12.1. The van der Waals surface area contributed by atoms with Crippen molar-refractivity contribution in [3.8, 4) is 0 Å². The maximum absolute atomic E-state index is 11.5. The minimum atomic E-state index is 0.171. The van der Waals surface area contributed by atoms with E-state index in [0.29, 0.717) is 12.1 Å². The van der Waals surface area contributed by atoms with Gasteiger partial charge in [-0.25, -0.2) is 9.97 Å². The van der Waals surface area contributed by atoms with Gasteiger partial charge in [0.25, 0.3) is 0 Å². The van der Waals surface area contributed by atoms with Gasteiger partial charge in [-0.2, -0.15) is 0 Å². The van der Waals surface area contributed by atoms with Gasteiger partial charge in [0, 0.05) is 64.3 Å². The van der Waals surface area contributed by atoms with Gasteiger partial charge in [-0.1, -0.05) is 24.3 Å². The van der Waals surface area contributed by atoms with Gasteiger partial charge in [0.15, 0.2) is 0 Å². The number of benzene rings is 1. The van der Waals surface area contributed by atoms with Gasteiger partial charge in [-0.3, -0.25) is 9.69 Å². The Morgan fingerprint density at radius 1 is 0.969 bits per heavy atom. The van der Waals surface area contributed by atoms with Crippen LogP contribution >= 0.6 is 0 Å². The molecule has 3 aliphatic rings. The summed E-state index contributed by atoms with van der Waals surface area (Å²) >= 11 is 0. The van der Waals surface area contributed by atoms with Gasteiger partial charge in [0.2, 0.25) is 5.91 Å². The Kier molecular flexibility index (Phi) is 6.26. The number of aromatic nitrogens is 2. The van der Waals surface area contributed by atoms with Crippen LogP contribution in [0.5, 0.6) is 0 Å². The van der Waals surface area contributed by atoms with Gasteiger partial charge < -0.3 is 15.1 Å². The number of carbonyl (C=O) groups excluding carboxylic acids is 1. The summed E-state index contributed by atoms with van der Waals surface area (Å²) in [6.07, 6.45) is 7.13. The molecule has 32 heavy (non-hydrogen) atoms. The van der Waals surface area contributed by atoms with Gasteiger partial charge in [0.05, 0.1) is 0 Å². The standard InChI is InChI=1S/C25H34N6O/c1-19(32)29-12-7-22(8-13-29)28-24-16-25(27-18-26-24)30-14-9-23(10-15-30)31-11-6-20-4-2-3-5-21(20)17-31/h2-5,16,18,22-23H,6-15,17H2,1H3,(H,26,27,28). The molecule has 1 N–H and O–H groups in total. The van der Waals surface area contributed by atoms with Crippen LogP contribution in [0.2, 0.25) is 0 Å². The average Bonchev–Trinajstić information content (AvgIpc) is 2.84. The highest BCUT2D eigenvalue weighted by molar-refractivity contribution is 5.73. The SMILES string of the molecule is CC(=O)N1CCC(Nc2cc(N3CCC(N4CCc5ccccc5C4)CC3)ncn2)CC1. The molecule has 0 radical (unpaired) electrons. The fourth-order valence-corrected chi connectivity index (χ4v) is 5.44. The number of nitrogens with zero attached hydrogens (tertiary/aromatic N) is 5. The molecule has 0 saturated carbocycles. The molecule has 7 nitrogen and oxygen atoms in total. The molecule has 4 heterocycles. The van der Waals surface area contributed by atoms with Crippen LogP contribution < -0.4 is 10.2 Å². The van der Waals surface area contributed by atoms with E-state index in [1.807, 2.05) is 4.90 Å². The first-order valence-electron chi connectivity index (χ1n) is 12.1. The van der Waals surface area contributed by atoms with Crippen molar-refractivity contribution in [2.75, 3.05) is 42.9 Å². The monoisotopic (exact) mass is 434 g/mol. The number of fused-ring (bicyclic) bond motifs is 1. The van der Waals surface area contributed by atoms with Crippen LogP contribution in [0.3, 0.4) is 0 Å². The van der Waals surface area contributed by atoms with Gasteiger partial charge in [0.1, 0.15) is 18.0 Å². The Balaban J connectivity index is 1.14. The summed E-state index contributed by atoms with van der Waals surface area (Å²) in [5.74, 6) is 2.09. The summed E-state index contributed by atoms with van der Waals surface area (Å²) < 4.78 is 0. The van der Waals surface area contributed by atoms with E-state index in [9.17, 15) is 4.79 Å². The van der Waals surface area contributed by atoms with E-state index in [4.69, 9.17) is 0 Å². The molecule has 1 aromatic carbocycles. The third-order valence-corrected chi connectivity index (χ3v) is 7.41. The summed E-state index contributed by atoms with van der Waals surface area (Å²) in [6.45, 7) is 7.62. The van der Waals surface area contributed by atoms with Crippen molar-refractivity contribution in [1.29, 1.82) is 0 Å². The minimum absolute atomic E-state index is 0.171. The second-order valence-electron chi connectivity index (χ2n) is 9.39. The zero-order chi connectivity index (χ0) is 21.9. The molecule has 1 amide bonds. The Morgan fingerprint density at radius 3 is 2.47 bits per heavy atom. The number of hydrogen-bond acceptors (Lipinski definition) is 6. The average molecular weight is 435 g/mol. The van der Waals surface area contributed by atoms with Gasteiger partial charge in [-0.15, -0.1) is 0 Å². The van der Waals surface area contributed by atoms with Crippen molar-refractivity contribution in [2.24, 2.45) is 0 Å². The minimum Gasteiger partial charge on any atom is -0.367 e. The molecule has 7 heteroatoms. The van der Waals surface area contributed by atoms with E-state index in [1.54, 1.807) is 13.3 Å². The predicted octanol–water partition coefficient (Wildman–Crippen LogP) is 2.93. The number of rotatable bonds is 4. The first kappa shape index (κ1) is 21.2. The Hall–Kier alpha value is -2.67. The lowest BCUT2D eigenvalue weighted by atomic mass is 9.95. The quantitative estimate of drug-likeness (QED) is 0.798. The molecule has 5 rings (SSSR count). The highest BCUT2D eigenvalue weighted by Gasteiger charge is 2.28. The molecule has 2 saturated heterocycles. The van der Waals surface area contributed by atoms with Crippen LogP contribution in [0, 0.1) is 0 Å². The van der Waals surface area contributed by atoms with Crippen molar-refractivity contribution in [1.82, 2.24) is 19.8 Å².